The number of pyridine rings is 1. The van der Waals surface area contributed by atoms with Gasteiger partial charge in [-0.2, -0.15) is 0 Å². The van der Waals surface area contributed by atoms with Gasteiger partial charge in [-0.1, -0.05) is 25.3 Å². The molecule has 1 saturated carbocycles. The maximum atomic E-state index is 12.3. The third kappa shape index (κ3) is 6.83. The summed E-state index contributed by atoms with van der Waals surface area (Å²) in [5.41, 5.74) is 2.72. The minimum atomic E-state index is -0.795. The van der Waals surface area contributed by atoms with Crippen molar-refractivity contribution in [1.29, 1.82) is 0 Å². The molecule has 9 nitrogen and oxygen atoms in total. The average molecular weight is 447 g/mol. The fourth-order valence-electron chi connectivity index (χ4n) is 4.77. The lowest BCUT2D eigenvalue weighted by atomic mass is 9.66. The molecule has 1 aliphatic heterocycles. The average Bonchev–Trinajstić information content (AvgIpc) is 2.83. The summed E-state index contributed by atoms with van der Waals surface area (Å²) in [4.78, 5) is 30.1. The van der Waals surface area contributed by atoms with E-state index in [1.165, 1.54) is 24.1 Å². The summed E-state index contributed by atoms with van der Waals surface area (Å²) in [7, 11) is 0. The highest BCUT2D eigenvalue weighted by Gasteiger charge is 2.43. The van der Waals surface area contributed by atoms with Crippen molar-refractivity contribution < 1.29 is 24.6 Å². The van der Waals surface area contributed by atoms with Crippen LogP contribution in [0.25, 0.3) is 6.08 Å². The monoisotopic (exact) mass is 446 g/mol. The summed E-state index contributed by atoms with van der Waals surface area (Å²) in [6.07, 6.45) is 10.4. The van der Waals surface area contributed by atoms with E-state index in [4.69, 9.17) is 9.94 Å². The lowest BCUT2D eigenvalue weighted by Gasteiger charge is -2.43. The number of hydrogen-bond donors (Lipinski definition) is 4. The van der Waals surface area contributed by atoms with Crippen molar-refractivity contribution in [3.05, 3.63) is 35.7 Å². The van der Waals surface area contributed by atoms with Gasteiger partial charge in [0.1, 0.15) is 6.04 Å². The Labute approximate surface area is 188 Å². The van der Waals surface area contributed by atoms with Crippen LogP contribution >= 0.6 is 0 Å². The van der Waals surface area contributed by atoms with Crippen molar-refractivity contribution in [2.75, 3.05) is 32.8 Å². The van der Waals surface area contributed by atoms with E-state index in [1.807, 2.05) is 6.07 Å². The van der Waals surface area contributed by atoms with Gasteiger partial charge in [0, 0.05) is 31.9 Å². The lowest BCUT2D eigenvalue weighted by molar-refractivity contribution is -0.144. The Morgan fingerprint density at radius 2 is 1.97 bits per heavy atom. The van der Waals surface area contributed by atoms with E-state index in [0.29, 0.717) is 12.2 Å². The molecular formula is C23H34N4O5. The predicted molar refractivity (Wildman–Crippen MR) is 119 cm³/mol. The topological polar surface area (TPSA) is 124 Å². The molecule has 1 atom stereocenters. The largest absolute Gasteiger partial charge is 0.480 e. The Morgan fingerprint density at radius 1 is 1.22 bits per heavy atom. The van der Waals surface area contributed by atoms with Crippen LogP contribution in [0.2, 0.25) is 0 Å². The molecular weight excluding hydrogens is 412 g/mol. The smallest absolute Gasteiger partial charge is 0.321 e. The number of aromatic nitrogens is 1. The van der Waals surface area contributed by atoms with Crippen LogP contribution in [0.15, 0.2) is 24.4 Å². The first kappa shape index (κ1) is 24.3. The molecule has 0 bridgehead atoms. The number of carboxylic acids is 1. The number of aliphatic carboxylic acids is 1. The summed E-state index contributed by atoms with van der Waals surface area (Å²) in [6, 6.07) is 3.00. The molecule has 2 fully saturated rings. The number of nitrogens with zero attached hydrogens (tertiary/aromatic N) is 2. The summed E-state index contributed by atoms with van der Waals surface area (Å²) in [5, 5.41) is 22.0. The predicted octanol–water partition coefficient (Wildman–Crippen LogP) is 1.82. The van der Waals surface area contributed by atoms with Gasteiger partial charge < -0.3 is 9.84 Å². The maximum Gasteiger partial charge on any atom is 0.321 e. The minimum absolute atomic E-state index is 0.254. The van der Waals surface area contributed by atoms with Crippen LogP contribution in [0.3, 0.4) is 0 Å². The number of ether oxygens (including phenoxy) is 1. The molecule has 9 heteroatoms. The number of nitrogens with one attached hydrogen (secondary N) is 2. The highest BCUT2D eigenvalue weighted by atomic mass is 16.5. The van der Waals surface area contributed by atoms with Gasteiger partial charge in [0.25, 0.3) is 5.91 Å². The number of morpholine rings is 1. The highest BCUT2D eigenvalue weighted by Crippen LogP contribution is 2.43. The van der Waals surface area contributed by atoms with Gasteiger partial charge in [-0.3, -0.25) is 30.0 Å². The van der Waals surface area contributed by atoms with Crippen molar-refractivity contribution in [2.24, 2.45) is 5.41 Å². The van der Waals surface area contributed by atoms with Crippen LogP contribution in [0.5, 0.6) is 0 Å². The first-order chi connectivity index (χ1) is 15.5. The highest BCUT2D eigenvalue weighted by molar-refractivity contribution is 5.90. The number of carboxylic acid groups (broad SMARTS) is 1. The van der Waals surface area contributed by atoms with Crippen LogP contribution in [0.4, 0.5) is 0 Å². The molecule has 1 saturated heterocycles. The Bertz CT molecular complexity index is 771. The van der Waals surface area contributed by atoms with Crippen LogP contribution in [-0.4, -0.2) is 71.0 Å². The zero-order valence-corrected chi connectivity index (χ0v) is 18.5. The van der Waals surface area contributed by atoms with Crippen molar-refractivity contribution in [2.45, 2.75) is 51.1 Å². The summed E-state index contributed by atoms with van der Waals surface area (Å²) < 4.78 is 5.44. The van der Waals surface area contributed by atoms with Crippen LogP contribution in [0.1, 0.15) is 49.8 Å². The Kier molecular flexibility index (Phi) is 9.16. The van der Waals surface area contributed by atoms with Gasteiger partial charge in [-0.15, -0.1) is 0 Å². The zero-order chi connectivity index (χ0) is 22.8. The van der Waals surface area contributed by atoms with Crippen LogP contribution in [-0.2, 0) is 20.9 Å². The van der Waals surface area contributed by atoms with Crippen molar-refractivity contribution >= 4 is 18.0 Å². The molecule has 1 aromatic heterocycles. The quantitative estimate of drug-likeness (QED) is 0.244. The number of carbonyl (C=O) groups is 2. The third-order valence-electron chi connectivity index (χ3n) is 6.61. The van der Waals surface area contributed by atoms with Crippen molar-refractivity contribution in [3.63, 3.8) is 0 Å². The molecule has 1 aliphatic carbocycles. The first-order valence-corrected chi connectivity index (χ1v) is 11.4. The number of amides is 1. The molecule has 0 aromatic carbocycles. The molecule has 176 valence electrons. The van der Waals surface area contributed by atoms with E-state index in [-0.39, 0.29) is 5.41 Å². The second kappa shape index (κ2) is 12.1. The molecule has 0 radical (unpaired) electrons. The molecule has 4 N–H and O–H groups in total. The molecule has 1 amide bonds. The van der Waals surface area contributed by atoms with Crippen LogP contribution in [0, 0.1) is 5.41 Å². The second-order valence-electron chi connectivity index (χ2n) is 8.68. The Hall–Kier alpha value is -2.33. The SMILES string of the molecule is O=C(C=Cc1ccc(CN[C@H](C(=O)O)C2(CCN3CCOCC3)CCCCC2)cn1)NO. The summed E-state index contributed by atoms with van der Waals surface area (Å²) in [5.74, 6) is -1.42. The molecule has 2 heterocycles. The zero-order valence-electron chi connectivity index (χ0n) is 18.5. The van der Waals surface area contributed by atoms with Crippen molar-refractivity contribution in [3.8, 4) is 0 Å². The van der Waals surface area contributed by atoms with E-state index in [2.05, 4.69) is 15.2 Å². The number of rotatable bonds is 10. The summed E-state index contributed by atoms with van der Waals surface area (Å²) >= 11 is 0. The van der Waals surface area contributed by atoms with Gasteiger partial charge in [-0.25, -0.2) is 5.48 Å². The molecule has 2 aliphatic rings. The van der Waals surface area contributed by atoms with Gasteiger partial charge in [0.2, 0.25) is 0 Å². The molecule has 1 aromatic rings. The fourth-order valence-corrected chi connectivity index (χ4v) is 4.77. The van der Waals surface area contributed by atoms with E-state index < -0.39 is 17.9 Å². The molecule has 0 unspecified atom stereocenters. The van der Waals surface area contributed by atoms with Gasteiger partial charge in [-0.05, 0) is 48.9 Å². The number of hydrogen-bond acceptors (Lipinski definition) is 7. The Morgan fingerprint density at radius 3 is 2.59 bits per heavy atom. The van der Waals surface area contributed by atoms with Crippen LogP contribution < -0.4 is 10.8 Å². The van der Waals surface area contributed by atoms with E-state index >= 15 is 0 Å². The first-order valence-electron chi connectivity index (χ1n) is 11.4. The number of hydroxylamine groups is 1. The Balaban J connectivity index is 1.64. The molecule has 32 heavy (non-hydrogen) atoms. The maximum absolute atomic E-state index is 12.3. The van der Waals surface area contributed by atoms with E-state index in [9.17, 15) is 14.7 Å². The van der Waals surface area contributed by atoms with Gasteiger partial charge in [0.05, 0.1) is 18.9 Å². The lowest BCUT2D eigenvalue weighted by Crippen LogP contribution is -2.52. The molecule has 0 spiro atoms. The normalized spacial score (nSPS) is 20.2. The van der Waals surface area contributed by atoms with E-state index in [1.54, 1.807) is 12.3 Å². The summed E-state index contributed by atoms with van der Waals surface area (Å²) in [6.45, 7) is 4.62. The third-order valence-corrected chi connectivity index (χ3v) is 6.61. The van der Waals surface area contributed by atoms with E-state index in [0.717, 1.165) is 70.5 Å². The number of carbonyl (C=O) groups excluding carboxylic acids is 1. The van der Waals surface area contributed by atoms with Gasteiger partial charge >= 0.3 is 5.97 Å². The minimum Gasteiger partial charge on any atom is -0.480 e. The standard InChI is InChI=1S/C23H34N4O5/c28-20(26-31)7-6-19-5-4-18(16-24-19)17-25-21(22(29)30)23(8-2-1-3-9-23)10-11-27-12-14-32-15-13-27/h4-7,16,21,25,31H,1-3,8-15,17H2,(H,26,28)(H,29,30)/t21-/m1/s1. The van der Waals surface area contributed by atoms with Gasteiger partial charge in [0.15, 0.2) is 0 Å². The molecule has 3 rings (SSSR count). The van der Waals surface area contributed by atoms with Crippen molar-refractivity contribution in [1.82, 2.24) is 20.7 Å². The fraction of sp³-hybridized carbons (Fsp3) is 0.609. The second-order valence-corrected chi connectivity index (χ2v) is 8.68.